The van der Waals surface area contributed by atoms with Gasteiger partial charge in [-0.15, -0.1) is 0 Å². The molecule has 0 aromatic carbocycles. The van der Waals surface area contributed by atoms with Gasteiger partial charge in [-0.1, -0.05) is 20.8 Å². The first-order valence-electron chi connectivity index (χ1n) is 6.03. The zero-order chi connectivity index (χ0) is 10.6. The molecule has 84 valence electrons. The molecule has 2 nitrogen and oxygen atoms in total. The molecule has 0 amide bonds. The van der Waals surface area contributed by atoms with Gasteiger partial charge in [-0.05, 0) is 32.2 Å². The van der Waals surface area contributed by atoms with Gasteiger partial charge in [0.05, 0.1) is 5.60 Å². The summed E-state index contributed by atoms with van der Waals surface area (Å²) in [4.78, 5) is 2.40. The number of ether oxygens (including phenoxy) is 1. The van der Waals surface area contributed by atoms with Gasteiger partial charge in [0.25, 0.3) is 0 Å². The lowest BCUT2D eigenvalue weighted by atomic mass is 9.86. The van der Waals surface area contributed by atoms with Gasteiger partial charge < -0.3 is 9.64 Å². The van der Waals surface area contributed by atoms with E-state index in [0.29, 0.717) is 0 Å². The Hall–Kier alpha value is -0.0800. The quantitative estimate of drug-likeness (QED) is 0.594. The zero-order valence-corrected chi connectivity index (χ0v) is 10.2. The van der Waals surface area contributed by atoms with E-state index in [2.05, 4.69) is 18.9 Å². The van der Waals surface area contributed by atoms with Crippen molar-refractivity contribution in [1.29, 1.82) is 0 Å². The molecule has 0 aromatic heterocycles. The van der Waals surface area contributed by atoms with Gasteiger partial charge in [0.15, 0.2) is 0 Å². The van der Waals surface area contributed by atoms with Crippen LogP contribution in [0, 0.1) is 5.92 Å². The van der Waals surface area contributed by atoms with Crippen molar-refractivity contribution in [1.82, 2.24) is 4.90 Å². The Balaban J connectivity index is 0.000000461. The molecule has 1 atom stereocenters. The Morgan fingerprint density at radius 3 is 2.21 bits per heavy atom. The summed E-state index contributed by atoms with van der Waals surface area (Å²) in [5.74, 6) is 0.786. The van der Waals surface area contributed by atoms with Crippen molar-refractivity contribution in [3.63, 3.8) is 0 Å². The summed E-state index contributed by atoms with van der Waals surface area (Å²) in [6.07, 6.45) is 3.78. The van der Waals surface area contributed by atoms with Crippen LogP contribution in [0.25, 0.3) is 0 Å². The molecule has 0 N–H and O–H groups in total. The fraction of sp³-hybridized carbons (Fsp3) is 1.00. The minimum atomic E-state index is 0.284. The normalized spacial score (nSPS) is 31.3. The van der Waals surface area contributed by atoms with Crippen molar-refractivity contribution in [2.45, 2.75) is 45.6 Å². The Morgan fingerprint density at radius 2 is 1.79 bits per heavy atom. The fourth-order valence-corrected chi connectivity index (χ4v) is 2.45. The van der Waals surface area contributed by atoms with E-state index in [-0.39, 0.29) is 5.60 Å². The van der Waals surface area contributed by atoms with Crippen LogP contribution in [0.3, 0.4) is 0 Å². The maximum absolute atomic E-state index is 5.92. The molecular weight excluding hydrogens is 174 g/mol. The second-order valence-corrected chi connectivity index (χ2v) is 4.61. The largest absolute Gasteiger partial charge is 0.375 e. The highest BCUT2D eigenvalue weighted by Crippen LogP contribution is 2.37. The van der Waals surface area contributed by atoms with Gasteiger partial charge in [-0.3, -0.25) is 0 Å². The van der Waals surface area contributed by atoms with Crippen LogP contribution in [0.2, 0.25) is 0 Å². The van der Waals surface area contributed by atoms with Crippen LogP contribution in [-0.4, -0.2) is 37.2 Å². The van der Waals surface area contributed by atoms with Crippen molar-refractivity contribution in [3.8, 4) is 0 Å². The summed E-state index contributed by atoms with van der Waals surface area (Å²) in [7, 11) is 2.20. The minimum absolute atomic E-state index is 0.284. The molecule has 1 spiro atoms. The average Bonchev–Trinajstić information content (AvgIpc) is 2.57. The molecule has 14 heavy (non-hydrogen) atoms. The van der Waals surface area contributed by atoms with E-state index in [4.69, 9.17) is 4.74 Å². The molecule has 2 aliphatic heterocycles. The Morgan fingerprint density at radius 1 is 1.21 bits per heavy atom. The highest BCUT2D eigenvalue weighted by Gasteiger charge is 2.40. The van der Waals surface area contributed by atoms with Crippen molar-refractivity contribution in [2.24, 2.45) is 5.92 Å². The molecule has 0 bridgehead atoms. The maximum atomic E-state index is 5.92. The molecule has 2 fully saturated rings. The van der Waals surface area contributed by atoms with Crippen LogP contribution < -0.4 is 0 Å². The number of piperidine rings is 1. The van der Waals surface area contributed by atoms with Crippen molar-refractivity contribution < 1.29 is 4.74 Å². The van der Waals surface area contributed by atoms with Crippen molar-refractivity contribution in [2.75, 3.05) is 26.7 Å². The first kappa shape index (κ1) is 12.0. The SMILES string of the molecule is CC.CC1COC2(CCN(C)CC2)C1. The van der Waals surface area contributed by atoms with E-state index >= 15 is 0 Å². The molecular formula is C12H25NO. The predicted octanol–water partition coefficient (Wildman–Crippen LogP) is 2.53. The topological polar surface area (TPSA) is 12.5 Å². The molecule has 1 unspecified atom stereocenters. The van der Waals surface area contributed by atoms with Gasteiger partial charge in [0.2, 0.25) is 0 Å². The summed E-state index contributed by atoms with van der Waals surface area (Å²) in [5, 5.41) is 0. The molecule has 0 radical (unpaired) electrons. The maximum Gasteiger partial charge on any atom is 0.0710 e. The van der Waals surface area contributed by atoms with Gasteiger partial charge in [-0.25, -0.2) is 0 Å². The molecule has 2 rings (SSSR count). The smallest absolute Gasteiger partial charge is 0.0710 e. The van der Waals surface area contributed by atoms with Crippen LogP contribution in [0.5, 0.6) is 0 Å². The van der Waals surface area contributed by atoms with Crippen LogP contribution in [-0.2, 0) is 4.74 Å². The molecule has 0 saturated carbocycles. The number of likely N-dealkylation sites (tertiary alicyclic amines) is 1. The van der Waals surface area contributed by atoms with Crippen LogP contribution in [0.4, 0.5) is 0 Å². The summed E-state index contributed by atoms with van der Waals surface area (Å²) in [6.45, 7) is 9.72. The summed E-state index contributed by atoms with van der Waals surface area (Å²) < 4.78 is 5.92. The first-order valence-corrected chi connectivity index (χ1v) is 6.03. The van der Waals surface area contributed by atoms with Gasteiger partial charge in [0, 0.05) is 19.7 Å². The van der Waals surface area contributed by atoms with Crippen molar-refractivity contribution >= 4 is 0 Å². The van der Waals surface area contributed by atoms with Crippen LogP contribution in [0.15, 0.2) is 0 Å². The number of hydrogen-bond acceptors (Lipinski definition) is 2. The summed E-state index contributed by atoms with van der Waals surface area (Å²) in [5.41, 5.74) is 0.284. The van der Waals surface area contributed by atoms with Crippen molar-refractivity contribution in [3.05, 3.63) is 0 Å². The summed E-state index contributed by atoms with van der Waals surface area (Å²) >= 11 is 0. The lowest BCUT2D eigenvalue weighted by Crippen LogP contribution is -2.42. The molecule has 2 aliphatic rings. The number of rotatable bonds is 0. The molecule has 2 heteroatoms. The Bertz CT molecular complexity index is 162. The minimum Gasteiger partial charge on any atom is -0.375 e. The third-order valence-electron chi connectivity index (χ3n) is 3.29. The molecule has 2 heterocycles. The molecule has 0 aliphatic carbocycles. The van der Waals surface area contributed by atoms with Gasteiger partial charge in [0.1, 0.15) is 0 Å². The lowest BCUT2D eigenvalue weighted by Gasteiger charge is -2.37. The standard InChI is InChI=1S/C10H19NO.C2H6/c1-9-7-10(12-8-9)3-5-11(2)6-4-10;1-2/h9H,3-8H2,1-2H3;1-2H3. The molecule has 0 aromatic rings. The lowest BCUT2D eigenvalue weighted by molar-refractivity contribution is -0.0394. The van der Waals surface area contributed by atoms with E-state index in [1.54, 1.807) is 0 Å². The molecule has 2 saturated heterocycles. The van der Waals surface area contributed by atoms with Gasteiger partial charge in [-0.2, -0.15) is 0 Å². The van der Waals surface area contributed by atoms with Crippen LogP contribution >= 0.6 is 0 Å². The van der Waals surface area contributed by atoms with E-state index in [1.807, 2.05) is 13.8 Å². The zero-order valence-electron chi connectivity index (χ0n) is 10.2. The number of hydrogen-bond donors (Lipinski definition) is 0. The van der Waals surface area contributed by atoms with Crippen LogP contribution in [0.1, 0.15) is 40.0 Å². The fourth-order valence-electron chi connectivity index (χ4n) is 2.45. The monoisotopic (exact) mass is 199 g/mol. The predicted molar refractivity (Wildman–Crippen MR) is 60.5 cm³/mol. The van der Waals surface area contributed by atoms with E-state index in [9.17, 15) is 0 Å². The highest BCUT2D eigenvalue weighted by atomic mass is 16.5. The first-order chi connectivity index (χ1) is 6.70. The highest BCUT2D eigenvalue weighted by molar-refractivity contribution is 4.91. The third kappa shape index (κ3) is 2.71. The average molecular weight is 199 g/mol. The Kier molecular flexibility index (Phi) is 4.39. The van der Waals surface area contributed by atoms with E-state index < -0.39 is 0 Å². The van der Waals surface area contributed by atoms with E-state index in [0.717, 1.165) is 12.5 Å². The Labute approximate surface area is 88.6 Å². The second-order valence-electron chi connectivity index (χ2n) is 4.61. The van der Waals surface area contributed by atoms with E-state index in [1.165, 1.54) is 32.4 Å². The third-order valence-corrected chi connectivity index (χ3v) is 3.29. The second kappa shape index (κ2) is 5.13. The van der Waals surface area contributed by atoms with Gasteiger partial charge >= 0.3 is 0 Å². The number of nitrogens with zero attached hydrogens (tertiary/aromatic N) is 1. The summed E-state index contributed by atoms with van der Waals surface area (Å²) in [6, 6.07) is 0.